The molecule has 2 aromatic carbocycles. The van der Waals surface area contributed by atoms with E-state index in [9.17, 15) is 4.79 Å². The van der Waals surface area contributed by atoms with Crippen molar-refractivity contribution in [2.24, 2.45) is 0 Å². The number of nitrogens with zero attached hydrogens (tertiary/aromatic N) is 4. The molecule has 4 aromatic rings. The van der Waals surface area contributed by atoms with E-state index in [0.29, 0.717) is 18.5 Å². The Hall–Kier alpha value is -3.19. The molecule has 1 N–H and O–H groups in total. The summed E-state index contributed by atoms with van der Waals surface area (Å²) in [7, 11) is 0. The van der Waals surface area contributed by atoms with Gasteiger partial charge >= 0.3 is 0 Å². The number of rotatable bonds is 6. The number of carbonyl (C=O) groups is 1. The van der Waals surface area contributed by atoms with E-state index < -0.39 is 0 Å². The molecule has 0 spiro atoms. The van der Waals surface area contributed by atoms with Crippen molar-refractivity contribution >= 4 is 21.8 Å². The van der Waals surface area contributed by atoms with Gasteiger partial charge in [-0.25, -0.2) is 9.36 Å². The summed E-state index contributed by atoms with van der Waals surface area (Å²) in [6, 6.07) is 17.7. The molecule has 0 saturated carbocycles. The van der Waals surface area contributed by atoms with Gasteiger partial charge in [0, 0.05) is 23.4 Å². The molecule has 0 aliphatic rings. The molecule has 7 heteroatoms. The lowest BCUT2D eigenvalue weighted by Crippen LogP contribution is -2.25. The summed E-state index contributed by atoms with van der Waals surface area (Å²) < 4.78 is 4.52. The summed E-state index contributed by atoms with van der Waals surface area (Å²) in [4.78, 5) is 12.4. The number of aromatic nitrogens is 4. The van der Waals surface area contributed by atoms with Crippen molar-refractivity contribution < 1.29 is 4.79 Å². The van der Waals surface area contributed by atoms with Crippen molar-refractivity contribution in [1.82, 2.24) is 24.9 Å². The lowest BCUT2D eigenvalue weighted by Gasteiger charge is -2.03. The van der Waals surface area contributed by atoms with Crippen LogP contribution in [0.15, 0.2) is 83.9 Å². The molecule has 0 atom stereocenters. The number of benzene rings is 2. The highest BCUT2D eigenvalue weighted by Crippen LogP contribution is 2.14. The number of para-hydroxylation sites is 1. The molecule has 0 unspecified atom stereocenters. The first-order valence-corrected chi connectivity index (χ1v) is 9.66. The Morgan fingerprint density at radius 3 is 2.36 bits per heavy atom. The maximum Gasteiger partial charge on any atom is 0.254 e. The Morgan fingerprint density at radius 2 is 1.57 bits per heavy atom. The van der Waals surface area contributed by atoms with Gasteiger partial charge in [0.2, 0.25) is 0 Å². The van der Waals surface area contributed by atoms with Crippen molar-refractivity contribution in [2.45, 2.75) is 6.42 Å². The topological polar surface area (TPSA) is 64.7 Å². The van der Waals surface area contributed by atoms with Crippen molar-refractivity contribution in [1.29, 1.82) is 0 Å². The molecular weight excluding hydrogens is 418 g/mol. The van der Waals surface area contributed by atoms with Crippen LogP contribution in [0.4, 0.5) is 0 Å². The molecule has 28 heavy (non-hydrogen) atoms. The van der Waals surface area contributed by atoms with E-state index in [4.69, 9.17) is 0 Å². The smallest absolute Gasteiger partial charge is 0.254 e. The largest absolute Gasteiger partial charge is 0.352 e. The van der Waals surface area contributed by atoms with Crippen LogP contribution in [-0.4, -0.2) is 32.0 Å². The third-order valence-electron chi connectivity index (χ3n) is 4.29. The van der Waals surface area contributed by atoms with Gasteiger partial charge in [0.15, 0.2) is 0 Å². The van der Waals surface area contributed by atoms with E-state index in [1.807, 2.05) is 71.7 Å². The van der Waals surface area contributed by atoms with Gasteiger partial charge in [-0.05, 0) is 48.4 Å². The van der Waals surface area contributed by atoms with Gasteiger partial charge in [-0.2, -0.15) is 10.2 Å². The summed E-state index contributed by atoms with van der Waals surface area (Å²) in [5, 5.41) is 11.6. The van der Waals surface area contributed by atoms with Gasteiger partial charge < -0.3 is 5.32 Å². The number of nitrogens with one attached hydrogen (secondary N) is 1. The van der Waals surface area contributed by atoms with Gasteiger partial charge in [-0.3, -0.25) is 4.79 Å². The molecule has 0 saturated heterocycles. The first-order chi connectivity index (χ1) is 13.7. The Labute approximate surface area is 170 Å². The van der Waals surface area contributed by atoms with E-state index in [-0.39, 0.29) is 5.91 Å². The molecule has 140 valence electrons. The van der Waals surface area contributed by atoms with Crippen molar-refractivity contribution in [3.05, 3.63) is 95.0 Å². The molecule has 2 aromatic heterocycles. The zero-order chi connectivity index (χ0) is 19.3. The van der Waals surface area contributed by atoms with Crippen LogP contribution in [-0.2, 0) is 6.42 Å². The van der Waals surface area contributed by atoms with Crippen LogP contribution >= 0.6 is 15.9 Å². The highest BCUT2D eigenvalue weighted by molar-refractivity contribution is 9.10. The quantitative estimate of drug-likeness (QED) is 0.500. The zero-order valence-corrected chi connectivity index (χ0v) is 16.6. The summed E-state index contributed by atoms with van der Waals surface area (Å²) in [6.07, 6.45) is 7.81. The first-order valence-electron chi connectivity index (χ1n) is 8.87. The molecule has 0 radical (unpaired) electrons. The Kier molecular flexibility index (Phi) is 5.34. The molecule has 0 fully saturated rings. The predicted octanol–water partition coefficient (Wildman–Crippen LogP) is 3.79. The minimum Gasteiger partial charge on any atom is -0.352 e. The van der Waals surface area contributed by atoms with Gasteiger partial charge in [0.1, 0.15) is 0 Å². The van der Waals surface area contributed by atoms with E-state index in [1.54, 1.807) is 17.1 Å². The summed E-state index contributed by atoms with van der Waals surface area (Å²) >= 11 is 3.41. The molecule has 1 amide bonds. The van der Waals surface area contributed by atoms with Gasteiger partial charge in [0.05, 0.1) is 29.3 Å². The van der Waals surface area contributed by atoms with Gasteiger partial charge in [-0.15, -0.1) is 0 Å². The normalized spacial score (nSPS) is 10.8. The monoisotopic (exact) mass is 435 g/mol. The van der Waals surface area contributed by atoms with E-state index in [2.05, 4.69) is 31.4 Å². The minimum absolute atomic E-state index is 0.140. The lowest BCUT2D eigenvalue weighted by atomic mass is 10.2. The van der Waals surface area contributed by atoms with Crippen molar-refractivity contribution in [3.8, 4) is 11.4 Å². The van der Waals surface area contributed by atoms with Crippen LogP contribution < -0.4 is 5.32 Å². The molecule has 0 aliphatic carbocycles. The fraction of sp³-hybridized carbons (Fsp3) is 0.0952. The summed E-state index contributed by atoms with van der Waals surface area (Å²) in [5.74, 6) is -0.140. The van der Waals surface area contributed by atoms with E-state index in [1.165, 1.54) is 0 Å². The average molecular weight is 436 g/mol. The van der Waals surface area contributed by atoms with E-state index >= 15 is 0 Å². The number of carbonyl (C=O) groups excluding carboxylic acids is 1. The second-order valence-electron chi connectivity index (χ2n) is 6.28. The fourth-order valence-corrected chi connectivity index (χ4v) is 3.07. The third kappa shape index (κ3) is 4.20. The van der Waals surface area contributed by atoms with E-state index in [0.717, 1.165) is 21.4 Å². The number of hydrogen-bond acceptors (Lipinski definition) is 3. The Morgan fingerprint density at radius 1 is 0.893 bits per heavy atom. The van der Waals surface area contributed by atoms with Crippen LogP contribution in [0.1, 0.15) is 15.9 Å². The highest BCUT2D eigenvalue weighted by Gasteiger charge is 2.09. The SMILES string of the molecule is O=C(NCCc1cnn(-c2ccccc2)c1)c1cnn(-c2ccc(Br)cc2)c1. The fourth-order valence-electron chi connectivity index (χ4n) is 2.81. The Balaban J connectivity index is 1.33. The van der Waals surface area contributed by atoms with Crippen LogP contribution in [0.3, 0.4) is 0 Å². The lowest BCUT2D eigenvalue weighted by molar-refractivity contribution is 0.0954. The van der Waals surface area contributed by atoms with Crippen LogP contribution in [0, 0.1) is 0 Å². The predicted molar refractivity (Wildman–Crippen MR) is 111 cm³/mol. The molecule has 4 rings (SSSR count). The Bertz CT molecular complexity index is 1070. The molecular formula is C21H18BrN5O. The molecule has 6 nitrogen and oxygen atoms in total. The first kappa shape index (κ1) is 18.2. The van der Waals surface area contributed by atoms with Gasteiger partial charge in [0.25, 0.3) is 5.91 Å². The van der Waals surface area contributed by atoms with Crippen molar-refractivity contribution in [2.75, 3.05) is 6.54 Å². The van der Waals surface area contributed by atoms with Crippen LogP contribution in [0.5, 0.6) is 0 Å². The minimum atomic E-state index is -0.140. The highest BCUT2D eigenvalue weighted by atomic mass is 79.9. The number of amides is 1. The molecule has 2 heterocycles. The summed E-state index contributed by atoms with van der Waals surface area (Å²) in [5.41, 5.74) is 3.51. The van der Waals surface area contributed by atoms with Crippen LogP contribution in [0.2, 0.25) is 0 Å². The summed E-state index contributed by atoms with van der Waals surface area (Å²) in [6.45, 7) is 0.531. The zero-order valence-electron chi connectivity index (χ0n) is 15.0. The standard InChI is InChI=1S/C21H18BrN5O/c22-18-6-8-20(9-7-18)27-15-17(13-25-27)21(28)23-11-10-16-12-24-26(14-16)19-4-2-1-3-5-19/h1-9,12-15H,10-11H2,(H,23,28). The second kappa shape index (κ2) is 8.22. The average Bonchev–Trinajstić information content (AvgIpc) is 3.39. The second-order valence-corrected chi connectivity index (χ2v) is 7.20. The van der Waals surface area contributed by atoms with Gasteiger partial charge in [-0.1, -0.05) is 34.1 Å². The molecule has 0 aliphatic heterocycles. The number of hydrogen-bond donors (Lipinski definition) is 1. The maximum atomic E-state index is 12.4. The maximum absolute atomic E-state index is 12.4. The third-order valence-corrected chi connectivity index (χ3v) is 4.82. The van der Waals surface area contributed by atoms with Crippen LogP contribution in [0.25, 0.3) is 11.4 Å². The number of halogens is 1. The molecule has 0 bridgehead atoms. The van der Waals surface area contributed by atoms with Crippen molar-refractivity contribution in [3.63, 3.8) is 0 Å².